The minimum atomic E-state index is 0. The van der Waals surface area contributed by atoms with Gasteiger partial charge in [-0.1, -0.05) is 0 Å². The SMILES string of the molecule is [Co].[Fe].[Mn].[Ni].[Pd].[Zn]. The zero-order valence-corrected chi connectivity index (χ0v) is 11.2. The van der Waals surface area contributed by atoms with Gasteiger partial charge in [-0.25, -0.2) is 0 Å². The Hall–Kier alpha value is 3.32. The molecule has 6 heavy (non-hydrogen) atoms. The molecule has 0 aliphatic heterocycles. The first-order valence-electron chi connectivity index (χ1n) is 0. The number of hydrogen-bond donors (Lipinski definition) is 0. The van der Waals surface area contributed by atoms with Gasteiger partial charge in [0, 0.05) is 107 Å². The fourth-order valence-electron chi connectivity index (χ4n) is 0. The molecule has 0 spiro atoms. The van der Waals surface area contributed by atoms with Crippen LogP contribution in [0.5, 0.6) is 0 Å². The first kappa shape index (κ1) is 58.5. The van der Waals surface area contributed by atoms with E-state index in [0.717, 1.165) is 0 Å². The van der Waals surface area contributed by atoms with E-state index in [2.05, 4.69) is 0 Å². The van der Waals surface area contributed by atoms with Crippen LogP contribution in [0, 0.1) is 0 Å². The average Bonchev–Trinajstić information content (AvgIpc) is 0. The molecule has 0 aromatic carbocycles. The molecule has 0 N–H and O–H groups in total. The molecule has 0 bridgehead atoms. The molecule has 0 saturated heterocycles. The van der Waals surface area contributed by atoms with Gasteiger partial charge in [-0.2, -0.15) is 0 Å². The second-order valence-electron chi connectivity index (χ2n) is 0. The minimum absolute atomic E-state index is 0. The van der Waals surface area contributed by atoms with Crippen molar-refractivity contribution in [3.8, 4) is 0 Å². The van der Waals surface area contributed by atoms with Crippen LogP contribution in [-0.2, 0) is 107 Å². The van der Waals surface area contributed by atoms with E-state index >= 15 is 0 Å². The van der Waals surface area contributed by atoms with Crippen molar-refractivity contribution in [2.24, 2.45) is 0 Å². The molecule has 0 rings (SSSR count). The summed E-state index contributed by atoms with van der Waals surface area (Å²) in [5.74, 6) is 0. The van der Waals surface area contributed by atoms with Gasteiger partial charge in [0.05, 0.1) is 0 Å². The smallest absolute Gasteiger partial charge is 0 e. The molecule has 0 unspecified atom stereocenters. The Morgan fingerprint density at radius 3 is 1.00 bits per heavy atom. The van der Waals surface area contributed by atoms with Crippen molar-refractivity contribution in [1.29, 1.82) is 0 Å². The topological polar surface area (TPSA) is 0 Å². The van der Waals surface area contributed by atoms with E-state index in [1.165, 1.54) is 0 Å². The maximum absolute atomic E-state index is 0. The largest absolute Gasteiger partial charge is 0 e. The second kappa shape index (κ2) is 40.4. The zero-order valence-electron chi connectivity index (χ0n) is 2.40. The third-order valence-electron chi connectivity index (χ3n) is 0. The summed E-state index contributed by atoms with van der Waals surface area (Å²) in [6, 6.07) is 0. The molecule has 0 aromatic rings. The molecule has 6 heteroatoms. The first-order valence-corrected chi connectivity index (χ1v) is 0. The Bertz CT molecular complexity index is 15.5. The van der Waals surface area contributed by atoms with Crippen LogP contribution in [-0.4, -0.2) is 0 Å². The Morgan fingerprint density at radius 1 is 1.00 bits per heavy atom. The molecule has 0 atom stereocenters. The van der Waals surface area contributed by atoms with Crippen molar-refractivity contribution in [2.45, 2.75) is 0 Å². The van der Waals surface area contributed by atoms with Crippen LogP contribution in [0.1, 0.15) is 0 Å². The molecule has 0 fully saturated rings. The quantitative estimate of drug-likeness (QED) is 0.502. The molecule has 0 aliphatic rings. The summed E-state index contributed by atoms with van der Waals surface area (Å²) in [7, 11) is 0. The van der Waals surface area contributed by atoms with E-state index < -0.39 is 0 Å². The van der Waals surface area contributed by atoms with Crippen molar-refractivity contribution < 1.29 is 107 Å². The van der Waals surface area contributed by atoms with E-state index in [9.17, 15) is 0 Å². The summed E-state index contributed by atoms with van der Waals surface area (Å²) in [4.78, 5) is 0. The monoisotopic (exact) mass is 398 g/mol. The van der Waals surface area contributed by atoms with Gasteiger partial charge >= 0.3 is 0 Å². The van der Waals surface area contributed by atoms with Gasteiger partial charge in [0.1, 0.15) is 0 Å². The Morgan fingerprint density at radius 2 is 1.00 bits per heavy atom. The Kier molecular flexibility index (Phi) is 394. The molecule has 0 nitrogen and oxygen atoms in total. The summed E-state index contributed by atoms with van der Waals surface area (Å²) >= 11 is 0. The van der Waals surface area contributed by atoms with E-state index in [0.29, 0.717) is 0 Å². The molecule has 0 aliphatic carbocycles. The van der Waals surface area contributed by atoms with E-state index in [1.807, 2.05) is 0 Å². The van der Waals surface area contributed by atoms with Crippen LogP contribution in [0.3, 0.4) is 0 Å². The maximum Gasteiger partial charge on any atom is 0 e. The summed E-state index contributed by atoms with van der Waals surface area (Å²) in [5.41, 5.74) is 0. The normalized spacial score (nSPS) is 0. The van der Waals surface area contributed by atoms with Crippen molar-refractivity contribution in [1.82, 2.24) is 0 Å². The molecule has 0 heterocycles. The predicted octanol–water partition coefficient (Wildman–Crippen LogP) is -0.0150. The fourth-order valence-corrected chi connectivity index (χ4v) is 0. The Balaban J connectivity index is 0. The summed E-state index contributed by atoms with van der Waals surface area (Å²) in [6.07, 6.45) is 0. The standard InChI is InChI=1S/Co.Fe.Mn.Ni.Pd.Zn. The van der Waals surface area contributed by atoms with Gasteiger partial charge < -0.3 is 0 Å². The van der Waals surface area contributed by atoms with E-state index in [4.69, 9.17) is 0 Å². The van der Waals surface area contributed by atoms with Gasteiger partial charge in [-0.15, -0.1) is 0 Å². The third kappa shape index (κ3) is 26.5. The number of rotatable bonds is 0. The summed E-state index contributed by atoms with van der Waals surface area (Å²) in [6.45, 7) is 0. The van der Waals surface area contributed by atoms with Crippen molar-refractivity contribution in [3.63, 3.8) is 0 Å². The van der Waals surface area contributed by atoms with Gasteiger partial charge in [0.15, 0.2) is 0 Å². The molecular weight excluding hydrogens is 400 g/mol. The fraction of sp³-hybridized carbons (Fsp3) is 0. The third-order valence-corrected chi connectivity index (χ3v) is 0. The molecule has 0 saturated carbocycles. The van der Waals surface area contributed by atoms with Gasteiger partial charge in [0.25, 0.3) is 0 Å². The molecule has 0 amide bonds. The zero-order chi connectivity index (χ0) is 0. The van der Waals surface area contributed by atoms with Crippen LogP contribution in [0.2, 0.25) is 0 Å². The van der Waals surface area contributed by atoms with Crippen LogP contribution >= 0.6 is 0 Å². The van der Waals surface area contributed by atoms with Crippen LogP contribution in [0.15, 0.2) is 0 Å². The second-order valence-corrected chi connectivity index (χ2v) is 0. The van der Waals surface area contributed by atoms with E-state index in [-0.39, 0.29) is 107 Å². The van der Waals surface area contributed by atoms with Crippen molar-refractivity contribution in [3.05, 3.63) is 0 Å². The maximum atomic E-state index is 0. The van der Waals surface area contributed by atoms with Gasteiger partial charge in [0.2, 0.25) is 0 Å². The average molecular weight is 400 g/mol. The van der Waals surface area contributed by atoms with Gasteiger partial charge in [-0.3, -0.25) is 0 Å². The Labute approximate surface area is 106 Å². The van der Waals surface area contributed by atoms with Gasteiger partial charge in [-0.05, 0) is 0 Å². The minimum Gasteiger partial charge on any atom is 0 e. The number of hydrogen-bond acceptors (Lipinski definition) is 0. The summed E-state index contributed by atoms with van der Waals surface area (Å²) < 4.78 is 0. The van der Waals surface area contributed by atoms with Crippen LogP contribution < -0.4 is 0 Å². The van der Waals surface area contributed by atoms with Crippen LogP contribution in [0.25, 0.3) is 0 Å². The van der Waals surface area contributed by atoms with E-state index in [1.54, 1.807) is 0 Å². The molecule has 46 valence electrons. The van der Waals surface area contributed by atoms with Crippen molar-refractivity contribution in [2.75, 3.05) is 0 Å². The molecule has 2 radical (unpaired) electrons. The predicted molar refractivity (Wildman–Crippen MR) is 0 cm³/mol. The first-order chi connectivity index (χ1) is 0. The summed E-state index contributed by atoms with van der Waals surface area (Å²) in [5, 5.41) is 0. The van der Waals surface area contributed by atoms with Crippen LogP contribution in [0.4, 0.5) is 0 Å². The molecular formula is CoFeMnNiPdZn. The van der Waals surface area contributed by atoms with Crippen molar-refractivity contribution >= 4 is 0 Å². The molecule has 0 aromatic heterocycles.